The Kier molecular flexibility index (Phi) is 18.7. The standard InChI is InChI=1S/C22H38O2/c1-3-4-5-6-7-8-9-10-11-12-13-14-15-16-17-18-19-20-21-24-22(2)23/h4-5,7-8,10-11H,3,6,9,12-21H2,1-2H3/b5-4-,8-7-,11-10-. The molecule has 0 heterocycles. The molecule has 2 heteroatoms. The van der Waals surface area contributed by atoms with Gasteiger partial charge in [0.25, 0.3) is 0 Å². The Labute approximate surface area is 150 Å². The van der Waals surface area contributed by atoms with E-state index in [9.17, 15) is 4.79 Å². The van der Waals surface area contributed by atoms with Crippen LogP contribution in [-0.2, 0) is 9.53 Å². The van der Waals surface area contributed by atoms with Crippen molar-refractivity contribution < 1.29 is 9.53 Å². The highest BCUT2D eigenvalue weighted by molar-refractivity contribution is 5.65. The Bertz CT molecular complexity index is 353. The van der Waals surface area contributed by atoms with E-state index in [1.165, 1.54) is 58.3 Å². The number of hydrogen-bond donors (Lipinski definition) is 0. The molecule has 0 saturated carbocycles. The summed E-state index contributed by atoms with van der Waals surface area (Å²) in [5.41, 5.74) is 0. The second-order valence-electron chi connectivity index (χ2n) is 6.25. The topological polar surface area (TPSA) is 26.3 Å². The van der Waals surface area contributed by atoms with E-state index in [1.54, 1.807) is 0 Å². The molecule has 0 radical (unpaired) electrons. The molecule has 0 aromatic heterocycles. The van der Waals surface area contributed by atoms with Gasteiger partial charge in [-0.05, 0) is 38.5 Å². The molecule has 0 spiro atoms. The predicted octanol–water partition coefficient (Wildman–Crippen LogP) is 6.92. The summed E-state index contributed by atoms with van der Waals surface area (Å²) >= 11 is 0. The largest absolute Gasteiger partial charge is 0.466 e. The lowest BCUT2D eigenvalue weighted by Gasteiger charge is -2.02. The minimum Gasteiger partial charge on any atom is -0.466 e. The summed E-state index contributed by atoms with van der Waals surface area (Å²) in [5.74, 6) is -0.163. The molecule has 0 unspecified atom stereocenters. The van der Waals surface area contributed by atoms with E-state index in [-0.39, 0.29) is 5.97 Å². The summed E-state index contributed by atoms with van der Waals surface area (Å²) in [6.07, 6.45) is 28.1. The number of allylic oxidation sites excluding steroid dienone is 6. The lowest BCUT2D eigenvalue weighted by atomic mass is 10.1. The van der Waals surface area contributed by atoms with Crippen molar-refractivity contribution in [3.8, 4) is 0 Å². The minimum atomic E-state index is -0.163. The third-order valence-corrected chi connectivity index (χ3v) is 3.85. The van der Waals surface area contributed by atoms with Crippen molar-refractivity contribution >= 4 is 5.97 Å². The predicted molar refractivity (Wildman–Crippen MR) is 105 cm³/mol. The van der Waals surface area contributed by atoms with Crippen LogP contribution in [0.5, 0.6) is 0 Å². The molecular formula is C22H38O2. The highest BCUT2D eigenvalue weighted by Crippen LogP contribution is 2.10. The smallest absolute Gasteiger partial charge is 0.302 e. The Hall–Kier alpha value is -1.31. The first kappa shape index (κ1) is 22.7. The minimum absolute atomic E-state index is 0.163. The fraction of sp³-hybridized carbons (Fsp3) is 0.682. The van der Waals surface area contributed by atoms with Gasteiger partial charge in [-0.25, -0.2) is 0 Å². The first-order chi connectivity index (χ1) is 11.8. The van der Waals surface area contributed by atoms with Crippen LogP contribution in [0.4, 0.5) is 0 Å². The van der Waals surface area contributed by atoms with Crippen molar-refractivity contribution in [2.24, 2.45) is 0 Å². The molecular weight excluding hydrogens is 296 g/mol. The van der Waals surface area contributed by atoms with Crippen LogP contribution < -0.4 is 0 Å². The van der Waals surface area contributed by atoms with Gasteiger partial charge in [0, 0.05) is 6.92 Å². The van der Waals surface area contributed by atoms with Crippen LogP contribution in [0.3, 0.4) is 0 Å². The van der Waals surface area contributed by atoms with Gasteiger partial charge in [-0.1, -0.05) is 81.9 Å². The van der Waals surface area contributed by atoms with E-state index in [1.807, 2.05) is 0 Å². The molecule has 0 bridgehead atoms. The summed E-state index contributed by atoms with van der Waals surface area (Å²) < 4.78 is 4.92. The van der Waals surface area contributed by atoms with Crippen LogP contribution in [0.2, 0.25) is 0 Å². The van der Waals surface area contributed by atoms with Crippen LogP contribution in [0.15, 0.2) is 36.5 Å². The van der Waals surface area contributed by atoms with E-state index >= 15 is 0 Å². The van der Waals surface area contributed by atoms with Crippen LogP contribution in [-0.4, -0.2) is 12.6 Å². The lowest BCUT2D eigenvalue weighted by Crippen LogP contribution is -2.00. The third kappa shape index (κ3) is 20.7. The number of ether oxygens (including phenoxy) is 1. The van der Waals surface area contributed by atoms with Gasteiger partial charge < -0.3 is 4.74 Å². The van der Waals surface area contributed by atoms with E-state index in [4.69, 9.17) is 4.74 Å². The van der Waals surface area contributed by atoms with Crippen LogP contribution in [0, 0.1) is 0 Å². The SMILES string of the molecule is CC/C=C\C/C=C\C/C=C\CCCCCCCCCCOC(C)=O. The first-order valence-corrected chi connectivity index (χ1v) is 9.85. The fourth-order valence-electron chi connectivity index (χ4n) is 2.47. The zero-order chi connectivity index (χ0) is 17.7. The van der Waals surface area contributed by atoms with Crippen molar-refractivity contribution in [1.82, 2.24) is 0 Å². The Balaban J connectivity index is 3.18. The van der Waals surface area contributed by atoms with Crippen LogP contribution in [0.1, 0.15) is 90.9 Å². The highest BCUT2D eigenvalue weighted by atomic mass is 16.5. The molecule has 0 aromatic rings. The van der Waals surface area contributed by atoms with Gasteiger partial charge in [0.2, 0.25) is 0 Å². The normalized spacial score (nSPS) is 11.9. The molecule has 0 atom stereocenters. The summed E-state index contributed by atoms with van der Waals surface area (Å²) in [4.78, 5) is 10.6. The lowest BCUT2D eigenvalue weighted by molar-refractivity contribution is -0.141. The molecule has 0 aliphatic heterocycles. The molecule has 0 saturated heterocycles. The number of rotatable bonds is 16. The van der Waals surface area contributed by atoms with Crippen LogP contribution >= 0.6 is 0 Å². The zero-order valence-electron chi connectivity index (χ0n) is 16.0. The van der Waals surface area contributed by atoms with Gasteiger partial charge in [-0.2, -0.15) is 0 Å². The van der Waals surface area contributed by atoms with Crippen molar-refractivity contribution in [2.75, 3.05) is 6.61 Å². The number of esters is 1. The quantitative estimate of drug-likeness (QED) is 0.174. The average Bonchev–Trinajstić information content (AvgIpc) is 2.56. The van der Waals surface area contributed by atoms with Crippen molar-refractivity contribution in [3.05, 3.63) is 36.5 Å². The maximum absolute atomic E-state index is 10.6. The van der Waals surface area contributed by atoms with Crippen LogP contribution in [0.25, 0.3) is 0 Å². The number of hydrogen-bond acceptors (Lipinski definition) is 2. The monoisotopic (exact) mass is 334 g/mol. The maximum Gasteiger partial charge on any atom is 0.302 e. The summed E-state index contributed by atoms with van der Waals surface area (Å²) in [7, 11) is 0. The van der Waals surface area contributed by atoms with Gasteiger partial charge >= 0.3 is 5.97 Å². The van der Waals surface area contributed by atoms with E-state index in [0.717, 1.165) is 25.7 Å². The number of carbonyl (C=O) groups is 1. The number of unbranched alkanes of at least 4 members (excludes halogenated alkanes) is 8. The number of carbonyl (C=O) groups excluding carboxylic acids is 1. The van der Waals surface area contributed by atoms with Crippen molar-refractivity contribution in [1.29, 1.82) is 0 Å². The van der Waals surface area contributed by atoms with Gasteiger partial charge in [-0.3, -0.25) is 4.79 Å². The first-order valence-electron chi connectivity index (χ1n) is 9.85. The van der Waals surface area contributed by atoms with Gasteiger partial charge in [0.15, 0.2) is 0 Å². The highest BCUT2D eigenvalue weighted by Gasteiger charge is 1.94. The van der Waals surface area contributed by atoms with E-state index in [0.29, 0.717) is 6.61 Å². The van der Waals surface area contributed by atoms with Gasteiger partial charge in [-0.15, -0.1) is 0 Å². The summed E-state index contributed by atoms with van der Waals surface area (Å²) in [6.45, 7) is 4.22. The molecule has 138 valence electrons. The third-order valence-electron chi connectivity index (χ3n) is 3.85. The molecule has 0 rings (SSSR count). The summed E-state index contributed by atoms with van der Waals surface area (Å²) in [6, 6.07) is 0. The van der Waals surface area contributed by atoms with Crippen molar-refractivity contribution in [3.63, 3.8) is 0 Å². The van der Waals surface area contributed by atoms with E-state index in [2.05, 4.69) is 43.4 Å². The molecule has 0 aliphatic carbocycles. The van der Waals surface area contributed by atoms with Crippen molar-refractivity contribution in [2.45, 2.75) is 90.9 Å². The Morgan fingerprint density at radius 3 is 1.79 bits per heavy atom. The average molecular weight is 335 g/mol. The summed E-state index contributed by atoms with van der Waals surface area (Å²) in [5, 5.41) is 0. The second-order valence-corrected chi connectivity index (χ2v) is 6.25. The molecule has 24 heavy (non-hydrogen) atoms. The molecule has 0 aromatic carbocycles. The zero-order valence-corrected chi connectivity index (χ0v) is 16.0. The molecule has 2 nitrogen and oxygen atoms in total. The van der Waals surface area contributed by atoms with Gasteiger partial charge in [0.1, 0.15) is 0 Å². The second kappa shape index (κ2) is 19.7. The molecule has 0 amide bonds. The maximum atomic E-state index is 10.6. The van der Waals surface area contributed by atoms with Gasteiger partial charge in [0.05, 0.1) is 6.61 Å². The fourth-order valence-corrected chi connectivity index (χ4v) is 2.47. The molecule has 0 aliphatic rings. The Morgan fingerprint density at radius 1 is 0.708 bits per heavy atom. The molecule has 0 fully saturated rings. The van der Waals surface area contributed by atoms with E-state index < -0.39 is 0 Å². The Morgan fingerprint density at radius 2 is 1.21 bits per heavy atom. The molecule has 0 N–H and O–H groups in total.